The summed E-state index contributed by atoms with van der Waals surface area (Å²) in [5, 5.41) is 19.8. The number of hydrogen-bond acceptors (Lipinski definition) is 5. The molecule has 1 aromatic carbocycles. The van der Waals surface area contributed by atoms with E-state index in [1.165, 1.54) is 23.5 Å². The van der Waals surface area contributed by atoms with E-state index < -0.39 is 4.92 Å². The molecule has 0 amide bonds. The fourth-order valence-electron chi connectivity index (χ4n) is 1.46. The number of benzene rings is 1. The molecule has 0 atom stereocenters. The Balaban J connectivity index is 2.57. The minimum Gasteiger partial charge on any atom is -0.397 e. The van der Waals surface area contributed by atoms with E-state index in [2.05, 4.69) is 0 Å². The molecule has 90 valence electrons. The Hall–Kier alpha value is -2.10. The van der Waals surface area contributed by atoms with Crippen LogP contribution < -0.4 is 5.73 Å². The van der Waals surface area contributed by atoms with Gasteiger partial charge in [0.05, 0.1) is 10.6 Å². The molecule has 2 aromatic rings. The molecule has 1 aromatic heterocycles. The fourth-order valence-corrected chi connectivity index (χ4v) is 2.55. The maximum atomic E-state index is 10.7. The van der Waals surface area contributed by atoms with E-state index in [1.807, 2.05) is 6.07 Å². The van der Waals surface area contributed by atoms with E-state index in [4.69, 9.17) is 22.6 Å². The Morgan fingerprint density at radius 1 is 1.39 bits per heavy atom. The Bertz CT molecular complexity index is 675. The van der Waals surface area contributed by atoms with Gasteiger partial charge in [0.25, 0.3) is 5.69 Å². The molecule has 0 saturated heterocycles. The molecule has 5 nitrogen and oxygen atoms in total. The number of nitro groups is 1. The zero-order chi connectivity index (χ0) is 13.3. The van der Waals surface area contributed by atoms with Crippen LogP contribution in [0.1, 0.15) is 4.88 Å². The van der Waals surface area contributed by atoms with Crippen LogP contribution in [0.5, 0.6) is 0 Å². The second kappa shape index (κ2) is 4.64. The fraction of sp³-hybridized carbons (Fsp3) is 0. The van der Waals surface area contributed by atoms with E-state index in [9.17, 15) is 10.1 Å². The number of nitriles is 1. The molecule has 0 aliphatic rings. The summed E-state index contributed by atoms with van der Waals surface area (Å²) in [6.07, 6.45) is 0. The molecule has 7 heteroatoms. The second-order valence-electron chi connectivity index (χ2n) is 3.46. The van der Waals surface area contributed by atoms with Crippen LogP contribution in [-0.4, -0.2) is 4.92 Å². The van der Waals surface area contributed by atoms with Gasteiger partial charge in [-0.25, -0.2) is 0 Å². The number of anilines is 1. The lowest BCUT2D eigenvalue weighted by Crippen LogP contribution is -1.88. The minimum absolute atomic E-state index is 0.0945. The molecular weight excluding hydrogens is 274 g/mol. The number of thiophene rings is 1. The first-order valence-corrected chi connectivity index (χ1v) is 5.95. The van der Waals surface area contributed by atoms with Gasteiger partial charge in [0.15, 0.2) is 0 Å². The van der Waals surface area contributed by atoms with Gasteiger partial charge in [-0.15, -0.1) is 11.3 Å². The zero-order valence-corrected chi connectivity index (χ0v) is 10.5. The van der Waals surface area contributed by atoms with Crippen molar-refractivity contribution in [2.24, 2.45) is 0 Å². The van der Waals surface area contributed by atoms with Gasteiger partial charge in [0.1, 0.15) is 10.9 Å². The summed E-state index contributed by atoms with van der Waals surface area (Å²) >= 11 is 7.00. The van der Waals surface area contributed by atoms with Crippen molar-refractivity contribution in [2.75, 3.05) is 5.73 Å². The van der Waals surface area contributed by atoms with Crippen molar-refractivity contribution in [1.29, 1.82) is 5.26 Å². The van der Waals surface area contributed by atoms with E-state index in [0.717, 1.165) is 0 Å². The number of nitrogen functional groups attached to an aromatic ring is 1. The normalized spacial score (nSPS) is 10.0. The third-order valence-corrected chi connectivity index (χ3v) is 3.56. The standard InChI is InChI=1S/C11H6ClN3O2S/c12-7-1-6(2-8(3-7)15(16)17)10-4-9(14)11(5-13)18-10/h1-4H,14H2. The van der Waals surface area contributed by atoms with Crippen LogP contribution in [0, 0.1) is 21.4 Å². The molecule has 0 spiro atoms. The highest BCUT2D eigenvalue weighted by atomic mass is 35.5. The largest absolute Gasteiger partial charge is 0.397 e. The smallest absolute Gasteiger partial charge is 0.271 e. The molecule has 0 aliphatic heterocycles. The van der Waals surface area contributed by atoms with Gasteiger partial charge in [-0.1, -0.05) is 11.6 Å². The molecule has 0 saturated carbocycles. The summed E-state index contributed by atoms with van der Waals surface area (Å²) in [5.41, 5.74) is 6.49. The predicted octanol–water partition coefficient (Wildman–Crippen LogP) is 3.43. The first-order chi connectivity index (χ1) is 8.51. The van der Waals surface area contributed by atoms with Crippen LogP contribution in [0.4, 0.5) is 11.4 Å². The average molecular weight is 280 g/mol. The lowest BCUT2D eigenvalue weighted by molar-refractivity contribution is -0.384. The Morgan fingerprint density at radius 3 is 2.67 bits per heavy atom. The summed E-state index contributed by atoms with van der Waals surface area (Å²) in [7, 11) is 0. The van der Waals surface area contributed by atoms with Crippen LogP contribution in [0.25, 0.3) is 10.4 Å². The van der Waals surface area contributed by atoms with Gasteiger partial charge in [0, 0.05) is 27.6 Å². The van der Waals surface area contributed by atoms with Crippen LogP contribution in [-0.2, 0) is 0 Å². The average Bonchev–Trinajstić information content (AvgIpc) is 2.69. The van der Waals surface area contributed by atoms with Crippen molar-refractivity contribution in [3.63, 3.8) is 0 Å². The van der Waals surface area contributed by atoms with Gasteiger partial charge in [0.2, 0.25) is 0 Å². The molecule has 0 unspecified atom stereocenters. The summed E-state index contributed by atoms with van der Waals surface area (Å²) in [6.45, 7) is 0. The lowest BCUT2D eigenvalue weighted by atomic mass is 10.1. The maximum Gasteiger partial charge on any atom is 0.271 e. The van der Waals surface area contributed by atoms with Crippen molar-refractivity contribution >= 4 is 34.3 Å². The minimum atomic E-state index is -0.516. The highest BCUT2D eigenvalue weighted by Crippen LogP contribution is 2.35. The van der Waals surface area contributed by atoms with Crippen molar-refractivity contribution in [3.8, 4) is 16.5 Å². The van der Waals surface area contributed by atoms with Crippen molar-refractivity contribution in [3.05, 3.63) is 44.3 Å². The third-order valence-electron chi connectivity index (χ3n) is 2.24. The number of nitro benzene ring substituents is 1. The zero-order valence-electron chi connectivity index (χ0n) is 8.88. The van der Waals surface area contributed by atoms with Gasteiger partial charge in [-0.05, 0) is 12.1 Å². The summed E-state index contributed by atoms with van der Waals surface area (Å²) in [6, 6.07) is 7.84. The van der Waals surface area contributed by atoms with E-state index >= 15 is 0 Å². The van der Waals surface area contributed by atoms with Crippen LogP contribution >= 0.6 is 22.9 Å². The first kappa shape index (κ1) is 12.4. The predicted molar refractivity (Wildman–Crippen MR) is 70.5 cm³/mol. The molecule has 0 bridgehead atoms. The molecule has 0 radical (unpaired) electrons. The SMILES string of the molecule is N#Cc1sc(-c2cc(Cl)cc([N+](=O)[O-])c2)cc1N. The van der Waals surface area contributed by atoms with Gasteiger partial charge < -0.3 is 5.73 Å². The molecule has 1 heterocycles. The Kier molecular flexibility index (Phi) is 3.19. The molecule has 18 heavy (non-hydrogen) atoms. The van der Waals surface area contributed by atoms with Crippen LogP contribution in [0.2, 0.25) is 5.02 Å². The number of hydrogen-bond donors (Lipinski definition) is 1. The Labute approximate surface area is 111 Å². The number of halogens is 1. The van der Waals surface area contributed by atoms with Crippen LogP contribution in [0.3, 0.4) is 0 Å². The number of nitrogens with zero attached hydrogens (tertiary/aromatic N) is 2. The number of non-ortho nitro benzene ring substituents is 1. The lowest BCUT2D eigenvalue weighted by Gasteiger charge is -1.99. The summed E-state index contributed by atoms with van der Waals surface area (Å²) in [5.74, 6) is 0. The third kappa shape index (κ3) is 2.27. The van der Waals surface area contributed by atoms with E-state index in [1.54, 1.807) is 12.1 Å². The summed E-state index contributed by atoms with van der Waals surface area (Å²) < 4.78 is 0. The monoisotopic (exact) mass is 279 g/mol. The topological polar surface area (TPSA) is 92.9 Å². The van der Waals surface area contributed by atoms with E-state index in [-0.39, 0.29) is 10.7 Å². The van der Waals surface area contributed by atoms with E-state index in [0.29, 0.717) is 21.0 Å². The summed E-state index contributed by atoms with van der Waals surface area (Å²) in [4.78, 5) is 11.3. The van der Waals surface area contributed by atoms with Crippen molar-refractivity contribution in [1.82, 2.24) is 0 Å². The number of nitrogens with two attached hydrogens (primary N) is 1. The maximum absolute atomic E-state index is 10.7. The quantitative estimate of drug-likeness (QED) is 0.673. The van der Waals surface area contributed by atoms with Crippen LogP contribution in [0.15, 0.2) is 24.3 Å². The van der Waals surface area contributed by atoms with Gasteiger partial charge in [-0.3, -0.25) is 10.1 Å². The second-order valence-corrected chi connectivity index (χ2v) is 4.95. The first-order valence-electron chi connectivity index (χ1n) is 4.76. The van der Waals surface area contributed by atoms with Crippen molar-refractivity contribution in [2.45, 2.75) is 0 Å². The highest BCUT2D eigenvalue weighted by molar-refractivity contribution is 7.16. The van der Waals surface area contributed by atoms with Gasteiger partial charge in [-0.2, -0.15) is 5.26 Å². The molecular formula is C11H6ClN3O2S. The highest BCUT2D eigenvalue weighted by Gasteiger charge is 2.13. The van der Waals surface area contributed by atoms with Crippen molar-refractivity contribution < 1.29 is 4.92 Å². The molecule has 2 N–H and O–H groups in total. The van der Waals surface area contributed by atoms with Gasteiger partial charge >= 0.3 is 0 Å². The Morgan fingerprint density at radius 2 is 2.11 bits per heavy atom. The number of rotatable bonds is 2. The molecule has 2 rings (SSSR count). The molecule has 0 fully saturated rings. The molecule has 0 aliphatic carbocycles.